The molecule has 2 aliphatic heterocycles. The number of carbonyl (C=O) groups excluding carboxylic acids is 1. The summed E-state index contributed by atoms with van der Waals surface area (Å²) in [7, 11) is 0. The average molecular weight is 437 g/mol. The van der Waals surface area contributed by atoms with Gasteiger partial charge in [0.2, 0.25) is 0 Å². The molecule has 1 aromatic carbocycles. The number of rotatable bonds is 5. The Bertz CT molecular complexity index is 1000. The number of nitrogens with one attached hydrogen (secondary N) is 1. The van der Waals surface area contributed by atoms with Gasteiger partial charge in [-0.2, -0.15) is 0 Å². The standard InChI is InChI=1S/C21H25ClN2O6/c1-12-13(2)21(26)30-18-8-19(15(22)7-14(12)18)29-11-20(25)23-16-9-28-10-17(16)24-3-5-27-6-4-24/h7-8,16-17H,3-6,9-11H2,1-2H3,(H,23,25)/t16-,17-/m0/s1. The lowest BCUT2D eigenvalue weighted by Gasteiger charge is -2.34. The predicted octanol–water partition coefficient (Wildman–Crippen LogP) is 1.66. The van der Waals surface area contributed by atoms with Crippen LogP contribution in [0.2, 0.25) is 5.02 Å². The van der Waals surface area contributed by atoms with Crippen LogP contribution in [0, 0.1) is 13.8 Å². The van der Waals surface area contributed by atoms with Gasteiger partial charge >= 0.3 is 5.63 Å². The first-order valence-electron chi connectivity index (χ1n) is 9.99. The third-order valence-corrected chi connectivity index (χ3v) is 6.08. The molecule has 0 bridgehead atoms. The van der Waals surface area contributed by atoms with Gasteiger partial charge in [-0.25, -0.2) is 4.79 Å². The van der Waals surface area contributed by atoms with E-state index in [0.717, 1.165) is 24.0 Å². The van der Waals surface area contributed by atoms with Gasteiger partial charge in [0.25, 0.3) is 5.91 Å². The summed E-state index contributed by atoms with van der Waals surface area (Å²) in [5.41, 5.74) is 1.32. The summed E-state index contributed by atoms with van der Waals surface area (Å²) >= 11 is 6.33. The fourth-order valence-corrected chi connectivity index (χ4v) is 4.11. The number of fused-ring (bicyclic) bond motifs is 1. The Kier molecular flexibility index (Phi) is 6.29. The van der Waals surface area contributed by atoms with Crippen molar-refractivity contribution in [3.8, 4) is 5.75 Å². The summed E-state index contributed by atoms with van der Waals surface area (Å²) in [6, 6.07) is 3.26. The second kappa shape index (κ2) is 8.93. The lowest BCUT2D eigenvalue weighted by Crippen LogP contribution is -2.54. The molecule has 1 aromatic heterocycles. The summed E-state index contributed by atoms with van der Waals surface area (Å²) in [6.45, 7) is 7.43. The van der Waals surface area contributed by atoms with Gasteiger partial charge < -0.3 is 23.9 Å². The maximum atomic E-state index is 12.5. The third-order valence-electron chi connectivity index (χ3n) is 5.78. The Balaban J connectivity index is 1.41. The second-order valence-corrected chi connectivity index (χ2v) is 8.04. The van der Waals surface area contributed by atoms with E-state index >= 15 is 0 Å². The van der Waals surface area contributed by atoms with Crippen LogP contribution in [0.3, 0.4) is 0 Å². The largest absolute Gasteiger partial charge is 0.482 e. The van der Waals surface area contributed by atoms with Gasteiger partial charge in [0.15, 0.2) is 6.61 Å². The van der Waals surface area contributed by atoms with Crippen LogP contribution in [0.4, 0.5) is 0 Å². The minimum atomic E-state index is -0.401. The molecule has 0 aliphatic carbocycles. The van der Waals surface area contributed by atoms with E-state index < -0.39 is 5.63 Å². The third kappa shape index (κ3) is 4.32. The number of benzene rings is 1. The Morgan fingerprint density at radius 3 is 2.73 bits per heavy atom. The molecular weight excluding hydrogens is 412 g/mol. The van der Waals surface area contributed by atoms with Gasteiger partial charge in [-0.1, -0.05) is 11.6 Å². The van der Waals surface area contributed by atoms with Crippen LogP contribution >= 0.6 is 11.6 Å². The molecule has 0 saturated carbocycles. The first kappa shape index (κ1) is 21.1. The van der Waals surface area contributed by atoms with Crippen LogP contribution in [0.5, 0.6) is 5.75 Å². The molecule has 2 fully saturated rings. The Labute approximate surface area is 179 Å². The molecule has 162 valence electrons. The van der Waals surface area contributed by atoms with E-state index in [9.17, 15) is 9.59 Å². The number of aryl methyl sites for hydroxylation is 1. The molecule has 2 atom stereocenters. The maximum absolute atomic E-state index is 12.5. The van der Waals surface area contributed by atoms with E-state index in [1.165, 1.54) is 0 Å². The number of hydrogen-bond acceptors (Lipinski definition) is 7. The Morgan fingerprint density at radius 1 is 1.20 bits per heavy atom. The molecule has 0 unspecified atom stereocenters. The monoisotopic (exact) mass is 436 g/mol. The van der Waals surface area contributed by atoms with Gasteiger partial charge in [0.1, 0.15) is 11.3 Å². The molecule has 0 radical (unpaired) electrons. The van der Waals surface area contributed by atoms with Crippen LogP contribution in [-0.2, 0) is 14.3 Å². The van der Waals surface area contributed by atoms with Crippen molar-refractivity contribution in [3.05, 3.63) is 38.7 Å². The molecule has 1 N–H and O–H groups in total. The number of morpholine rings is 1. The molecule has 0 spiro atoms. The van der Waals surface area contributed by atoms with Crippen molar-refractivity contribution < 1.29 is 23.4 Å². The summed E-state index contributed by atoms with van der Waals surface area (Å²) in [6.07, 6.45) is 0. The number of hydrogen-bond donors (Lipinski definition) is 1. The molecule has 2 aromatic rings. The molecule has 2 saturated heterocycles. The highest BCUT2D eigenvalue weighted by atomic mass is 35.5. The molecule has 3 heterocycles. The minimum absolute atomic E-state index is 0.102. The SMILES string of the molecule is Cc1c(C)c2cc(Cl)c(OCC(=O)N[C@H]3COC[C@@H]3N3CCOCC3)cc2oc1=O. The topological polar surface area (TPSA) is 90.2 Å². The normalized spacial score (nSPS) is 22.4. The number of nitrogens with zero attached hydrogens (tertiary/aromatic N) is 1. The molecule has 8 nitrogen and oxygen atoms in total. The fraction of sp³-hybridized carbons (Fsp3) is 0.524. The minimum Gasteiger partial charge on any atom is -0.482 e. The van der Waals surface area contributed by atoms with Crippen molar-refractivity contribution in [2.45, 2.75) is 25.9 Å². The summed E-state index contributed by atoms with van der Waals surface area (Å²) < 4.78 is 21.9. The van der Waals surface area contributed by atoms with E-state index in [1.54, 1.807) is 19.1 Å². The second-order valence-electron chi connectivity index (χ2n) is 7.63. The average Bonchev–Trinajstić information content (AvgIpc) is 3.20. The highest BCUT2D eigenvalue weighted by molar-refractivity contribution is 6.32. The molecule has 30 heavy (non-hydrogen) atoms. The number of carbonyl (C=O) groups is 1. The first-order chi connectivity index (χ1) is 14.4. The van der Waals surface area contributed by atoms with Gasteiger partial charge in [0.05, 0.1) is 43.5 Å². The molecule has 1 amide bonds. The lowest BCUT2D eigenvalue weighted by atomic mass is 10.1. The zero-order valence-corrected chi connectivity index (χ0v) is 17.8. The lowest BCUT2D eigenvalue weighted by molar-refractivity contribution is -0.124. The fourth-order valence-electron chi connectivity index (χ4n) is 3.90. The van der Waals surface area contributed by atoms with Crippen molar-refractivity contribution in [1.29, 1.82) is 0 Å². The number of ether oxygens (including phenoxy) is 3. The quantitative estimate of drug-likeness (QED) is 0.713. The smallest absolute Gasteiger partial charge is 0.339 e. The van der Waals surface area contributed by atoms with E-state index in [2.05, 4.69) is 10.2 Å². The Hall–Kier alpha value is -2.13. The van der Waals surface area contributed by atoms with Crippen molar-refractivity contribution in [1.82, 2.24) is 10.2 Å². The van der Waals surface area contributed by atoms with Crippen molar-refractivity contribution in [2.24, 2.45) is 0 Å². The molecule has 9 heteroatoms. The van der Waals surface area contributed by atoms with Gasteiger partial charge in [0, 0.05) is 30.1 Å². The predicted molar refractivity (Wildman–Crippen MR) is 111 cm³/mol. The van der Waals surface area contributed by atoms with E-state index in [-0.39, 0.29) is 30.3 Å². The zero-order chi connectivity index (χ0) is 21.3. The van der Waals surface area contributed by atoms with Crippen LogP contribution in [0.15, 0.2) is 21.3 Å². The van der Waals surface area contributed by atoms with Gasteiger partial charge in [-0.15, -0.1) is 0 Å². The van der Waals surface area contributed by atoms with Crippen LogP contribution in [0.25, 0.3) is 11.0 Å². The summed E-state index contributed by atoms with van der Waals surface area (Å²) in [4.78, 5) is 26.7. The highest BCUT2D eigenvalue weighted by Crippen LogP contribution is 2.31. The summed E-state index contributed by atoms with van der Waals surface area (Å²) in [5.74, 6) is 0.0274. The van der Waals surface area contributed by atoms with Crippen molar-refractivity contribution in [2.75, 3.05) is 46.1 Å². The van der Waals surface area contributed by atoms with E-state index in [0.29, 0.717) is 42.6 Å². The number of amides is 1. The maximum Gasteiger partial charge on any atom is 0.339 e. The summed E-state index contributed by atoms with van der Waals surface area (Å²) in [5, 5.41) is 4.08. The van der Waals surface area contributed by atoms with Gasteiger partial charge in [-0.3, -0.25) is 9.69 Å². The Morgan fingerprint density at radius 2 is 1.97 bits per heavy atom. The highest BCUT2D eigenvalue weighted by Gasteiger charge is 2.34. The van der Waals surface area contributed by atoms with Crippen LogP contribution in [-0.4, -0.2) is 69.0 Å². The van der Waals surface area contributed by atoms with Crippen LogP contribution < -0.4 is 15.7 Å². The van der Waals surface area contributed by atoms with E-state index in [4.69, 9.17) is 30.2 Å². The van der Waals surface area contributed by atoms with Gasteiger partial charge in [-0.05, 0) is 25.5 Å². The molecule has 2 aliphatic rings. The number of halogens is 1. The molecular formula is C21H25ClN2O6. The first-order valence-corrected chi connectivity index (χ1v) is 10.4. The molecule has 4 rings (SSSR count). The van der Waals surface area contributed by atoms with Crippen molar-refractivity contribution in [3.63, 3.8) is 0 Å². The van der Waals surface area contributed by atoms with Crippen molar-refractivity contribution >= 4 is 28.5 Å². The van der Waals surface area contributed by atoms with E-state index in [1.807, 2.05) is 6.92 Å². The van der Waals surface area contributed by atoms with Crippen LogP contribution in [0.1, 0.15) is 11.1 Å². The zero-order valence-electron chi connectivity index (χ0n) is 17.0.